The minimum absolute atomic E-state index is 0.0564. The molecule has 0 aromatic rings. The van der Waals surface area contributed by atoms with E-state index in [0.29, 0.717) is 32.1 Å². The molecule has 3 aliphatic carbocycles. The Balaban J connectivity index is 1.52. The average Bonchev–Trinajstić information content (AvgIpc) is 3.01. The predicted octanol–water partition coefficient (Wildman–Crippen LogP) is 5.33. The predicted molar refractivity (Wildman–Crippen MR) is 144 cm³/mol. The minimum Gasteiger partial charge on any atom is -0.467 e. The van der Waals surface area contributed by atoms with E-state index in [4.69, 9.17) is 16.3 Å². The molecule has 0 bridgehead atoms. The molecule has 40 heavy (non-hydrogen) atoms. The number of carbonyl (C=O) groups is 4. The summed E-state index contributed by atoms with van der Waals surface area (Å²) in [5.74, 6) is -3.39. The summed E-state index contributed by atoms with van der Waals surface area (Å²) in [6.07, 6.45) is 1.12. The van der Waals surface area contributed by atoms with E-state index >= 15 is 0 Å². The van der Waals surface area contributed by atoms with Crippen molar-refractivity contribution in [3.8, 4) is 0 Å². The van der Waals surface area contributed by atoms with Gasteiger partial charge in [-0.1, -0.05) is 20.8 Å². The maximum absolute atomic E-state index is 13.2. The Hall–Kier alpha value is -1.84. The van der Waals surface area contributed by atoms with Crippen LogP contribution in [0.2, 0.25) is 0 Å². The number of rotatable bonds is 8. The molecule has 0 aliphatic heterocycles. The van der Waals surface area contributed by atoms with E-state index in [0.717, 1.165) is 19.1 Å². The highest BCUT2D eigenvalue weighted by molar-refractivity contribution is 6.22. The Morgan fingerprint density at radius 1 is 0.975 bits per heavy atom. The molecule has 3 unspecified atom stereocenters. The van der Waals surface area contributed by atoms with E-state index in [-0.39, 0.29) is 49.5 Å². The van der Waals surface area contributed by atoms with Crippen molar-refractivity contribution in [2.24, 2.45) is 34.5 Å². The van der Waals surface area contributed by atoms with Crippen LogP contribution < -0.4 is 10.6 Å². The van der Waals surface area contributed by atoms with Crippen molar-refractivity contribution in [2.75, 3.05) is 7.11 Å². The van der Waals surface area contributed by atoms with Crippen LogP contribution in [-0.2, 0) is 23.9 Å². The van der Waals surface area contributed by atoms with E-state index in [9.17, 15) is 32.3 Å². The molecule has 228 valence electrons. The molecule has 3 aliphatic rings. The van der Waals surface area contributed by atoms with E-state index in [1.807, 2.05) is 20.8 Å². The van der Waals surface area contributed by atoms with Crippen LogP contribution in [0.4, 0.5) is 13.2 Å². The minimum atomic E-state index is -4.27. The van der Waals surface area contributed by atoms with E-state index in [2.05, 4.69) is 10.6 Å². The van der Waals surface area contributed by atoms with Crippen molar-refractivity contribution in [1.82, 2.24) is 10.6 Å². The number of ether oxygens (including phenoxy) is 1. The topological polar surface area (TPSA) is 102 Å². The highest BCUT2D eigenvalue weighted by atomic mass is 35.5. The van der Waals surface area contributed by atoms with Crippen molar-refractivity contribution < 1.29 is 37.1 Å². The van der Waals surface area contributed by atoms with Gasteiger partial charge in [0.05, 0.1) is 18.9 Å². The van der Waals surface area contributed by atoms with E-state index in [1.54, 1.807) is 0 Å². The molecule has 0 saturated heterocycles. The lowest BCUT2D eigenvalue weighted by molar-refractivity contribution is -0.177. The number of hydrogen-bond donors (Lipinski definition) is 2. The first-order valence-electron chi connectivity index (χ1n) is 14.5. The van der Waals surface area contributed by atoms with Gasteiger partial charge in [-0.3, -0.25) is 9.59 Å². The van der Waals surface area contributed by atoms with Crippen LogP contribution in [0.1, 0.15) is 91.4 Å². The first-order chi connectivity index (χ1) is 18.6. The number of aldehydes is 1. The van der Waals surface area contributed by atoms with E-state index < -0.39 is 52.1 Å². The molecule has 11 heteroatoms. The Morgan fingerprint density at radius 3 is 2.15 bits per heavy atom. The highest BCUT2D eigenvalue weighted by Crippen LogP contribution is 2.54. The molecule has 0 heterocycles. The molecule has 6 atom stereocenters. The average molecular weight is 593 g/mol. The summed E-state index contributed by atoms with van der Waals surface area (Å²) >= 11 is 6.35. The van der Waals surface area contributed by atoms with Gasteiger partial charge in [0.25, 0.3) is 0 Å². The fourth-order valence-electron chi connectivity index (χ4n) is 6.90. The zero-order valence-corrected chi connectivity index (χ0v) is 24.7. The van der Waals surface area contributed by atoms with Crippen LogP contribution in [0.3, 0.4) is 0 Å². The molecule has 0 radical (unpaired) electrons. The first kappa shape index (κ1) is 32.7. The van der Waals surface area contributed by atoms with Gasteiger partial charge in [0.15, 0.2) is 0 Å². The van der Waals surface area contributed by atoms with Crippen LogP contribution in [0.15, 0.2) is 0 Å². The Kier molecular flexibility index (Phi) is 10.6. The van der Waals surface area contributed by atoms with Gasteiger partial charge >= 0.3 is 12.1 Å². The molecule has 3 fully saturated rings. The largest absolute Gasteiger partial charge is 0.467 e. The summed E-state index contributed by atoms with van der Waals surface area (Å²) < 4.78 is 44.5. The summed E-state index contributed by atoms with van der Waals surface area (Å²) in [6.45, 7) is 5.69. The first-order valence-corrected chi connectivity index (χ1v) is 14.9. The second-order valence-corrected chi connectivity index (χ2v) is 13.5. The number of esters is 1. The molecule has 0 spiro atoms. The third-order valence-corrected chi connectivity index (χ3v) is 10.8. The van der Waals surface area contributed by atoms with Crippen LogP contribution in [0.5, 0.6) is 0 Å². The molecule has 2 amide bonds. The second-order valence-electron chi connectivity index (χ2n) is 12.9. The Labute approximate surface area is 240 Å². The van der Waals surface area contributed by atoms with Crippen molar-refractivity contribution in [3.63, 3.8) is 0 Å². The Morgan fingerprint density at radius 2 is 1.60 bits per heavy atom. The summed E-state index contributed by atoms with van der Waals surface area (Å²) in [4.78, 5) is 50.5. The number of amides is 2. The van der Waals surface area contributed by atoms with Gasteiger partial charge in [0, 0.05) is 22.8 Å². The van der Waals surface area contributed by atoms with E-state index in [1.165, 1.54) is 7.11 Å². The van der Waals surface area contributed by atoms with Gasteiger partial charge in [0.1, 0.15) is 12.3 Å². The zero-order chi connectivity index (χ0) is 29.9. The third-order valence-electron chi connectivity index (χ3n) is 10.3. The Bertz CT molecular complexity index is 937. The molecular formula is C29H44ClF3N2O5. The molecule has 0 aromatic carbocycles. The number of alkyl halides is 4. The number of carbonyl (C=O) groups excluding carboxylic acids is 4. The van der Waals surface area contributed by atoms with Crippen molar-refractivity contribution in [2.45, 2.75) is 115 Å². The lowest BCUT2D eigenvalue weighted by Crippen LogP contribution is -2.49. The maximum atomic E-state index is 13.2. The zero-order valence-electron chi connectivity index (χ0n) is 24.0. The van der Waals surface area contributed by atoms with Crippen LogP contribution in [0, 0.1) is 34.5 Å². The standard InChI is InChI=1S/C29H44ClF3N2O5/c1-27(2)21(13-14-28(27,3)16-36)25(38)35-23(26(39)40-4)15-17-5-9-19(10-6-17)34-24(37)20-11-7-18(29(31,32)33)8-12-22(20)30/h16-23H,5-15H2,1-4H3,(H,34,37)(H,35,38)/t17?,18?,19?,20?,21-,22?,23+,28+/m1/s1. The summed E-state index contributed by atoms with van der Waals surface area (Å²) in [5, 5.41) is 5.27. The summed E-state index contributed by atoms with van der Waals surface area (Å²) in [5.41, 5.74) is -1.17. The molecule has 2 N–H and O–H groups in total. The van der Waals surface area contributed by atoms with Crippen molar-refractivity contribution in [1.29, 1.82) is 0 Å². The highest BCUT2D eigenvalue weighted by Gasteiger charge is 2.54. The quantitative estimate of drug-likeness (QED) is 0.172. The number of methoxy groups -OCH3 is 1. The smallest absolute Gasteiger partial charge is 0.391 e. The van der Waals surface area contributed by atoms with Crippen LogP contribution in [-0.4, -0.2) is 54.8 Å². The van der Waals surface area contributed by atoms with Gasteiger partial charge in [-0.2, -0.15) is 13.2 Å². The molecule has 7 nitrogen and oxygen atoms in total. The lowest BCUT2D eigenvalue weighted by atomic mass is 9.66. The van der Waals surface area contributed by atoms with Crippen LogP contribution in [0.25, 0.3) is 0 Å². The number of hydrogen-bond acceptors (Lipinski definition) is 5. The second kappa shape index (κ2) is 13.0. The summed E-state index contributed by atoms with van der Waals surface area (Å²) in [6, 6.07) is -0.919. The van der Waals surface area contributed by atoms with Gasteiger partial charge in [0.2, 0.25) is 11.8 Å². The molecule has 3 rings (SSSR count). The molecule has 0 aromatic heterocycles. The maximum Gasteiger partial charge on any atom is 0.391 e. The van der Waals surface area contributed by atoms with Crippen LogP contribution >= 0.6 is 11.6 Å². The third kappa shape index (κ3) is 7.32. The monoisotopic (exact) mass is 592 g/mol. The van der Waals surface area contributed by atoms with Gasteiger partial charge in [-0.15, -0.1) is 11.6 Å². The molecular weight excluding hydrogens is 549 g/mol. The normalized spacial score (nSPS) is 35.2. The lowest BCUT2D eigenvalue weighted by Gasteiger charge is -2.37. The SMILES string of the molecule is COC(=O)[C@H](CC1CCC(NC(=O)C2CCC(C(F)(F)F)CCC2Cl)CC1)NC(=O)[C@H]1CC[C@@](C)(C=O)C1(C)C. The molecule has 3 saturated carbocycles. The van der Waals surface area contributed by atoms with Crippen molar-refractivity contribution in [3.05, 3.63) is 0 Å². The van der Waals surface area contributed by atoms with Gasteiger partial charge in [-0.25, -0.2) is 4.79 Å². The van der Waals surface area contributed by atoms with Gasteiger partial charge < -0.3 is 20.2 Å². The van der Waals surface area contributed by atoms with Crippen molar-refractivity contribution >= 4 is 35.7 Å². The number of halogens is 4. The fraction of sp³-hybridized carbons (Fsp3) is 0.862. The fourth-order valence-corrected chi connectivity index (χ4v) is 7.26. The van der Waals surface area contributed by atoms with Gasteiger partial charge in [-0.05, 0) is 82.0 Å². The summed E-state index contributed by atoms with van der Waals surface area (Å²) in [7, 11) is 1.28. The number of nitrogens with one attached hydrogen (secondary N) is 2.